The lowest BCUT2D eigenvalue weighted by atomic mass is 10.2. The maximum Gasteiger partial charge on any atom is 0.245 e. The van der Waals surface area contributed by atoms with E-state index in [2.05, 4.69) is 10.0 Å². The van der Waals surface area contributed by atoms with Gasteiger partial charge in [0, 0.05) is 5.69 Å². The Kier molecular flexibility index (Phi) is 5.76. The van der Waals surface area contributed by atoms with Gasteiger partial charge in [0.15, 0.2) is 0 Å². The largest absolute Gasteiger partial charge is 0.495 e. The summed E-state index contributed by atoms with van der Waals surface area (Å²) in [7, 11) is -2.87. The molecule has 134 valence electrons. The molecule has 2 aromatic rings. The third-order valence-corrected chi connectivity index (χ3v) is 4.99. The highest BCUT2D eigenvalue weighted by molar-refractivity contribution is 7.89. The maximum atomic E-state index is 13.4. The molecule has 1 unspecified atom stereocenters. The first kappa shape index (κ1) is 18.9. The van der Waals surface area contributed by atoms with Crippen LogP contribution >= 0.6 is 0 Å². The minimum atomic E-state index is -4.15. The van der Waals surface area contributed by atoms with Crippen molar-refractivity contribution in [2.24, 2.45) is 0 Å². The highest BCUT2D eigenvalue weighted by Crippen LogP contribution is 2.24. The molecule has 0 bridgehead atoms. The number of nitrogens with one attached hydrogen (secondary N) is 2. The minimum absolute atomic E-state index is 0.0137. The molecule has 0 aromatic heterocycles. The number of halogens is 1. The first-order valence-electron chi connectivity index (χ1n) is 7.46. The van der Waals surface area contributed by atoms with Crippen LogP contribution in [0.2, 0.25) is 0 Å². The summed E-state index contributed by atoms with van der Waals surface area (Å²) in [6, 6.07) is 9.17. The number of carbonyl (C=O) groups is 1. The fourth-order valence-electron chi connectivity index (χ4n) is 2.18. The predicted octanol–water partition coefficient (Wildman–Crippen LogP) is 2.45. The van der Waals surface area contributed by atoms with Crippen molar-refractivity contribution in [3.63, 3.8) is 0 Å². The second kappa shape index (κ2) is 7.62. The number of amides is 1. The lowest BCUT2D eigenvalue weighted by molar-refractivity contribution is -0.117. The van der Waals surface area contributed by atoms with Gasteiger partial charge in [-0.2, -0.15) is 4.72 Å². The van der Waals surface area contributed by atoms with E-state index in [-0.39, 0.29) is 10.6 Å². The summed E-state index contributed by atoms with van der Waals surface area (Å²) in [6.07, 6.45) is 0. The average Bonchev–Trinajstić information content (AvgIpc) is 2.54. The summed E-state index contributed by atoms with van der Waals surface area (Å²) in [6.45, 7) is 3.27. The Morgan fingerprint density at radius 2 is 1.92 bits per heavy atom. The number of hydrogen-bond acceptors (Lipinski definition) is 4. The van der Waals surface area contributed by atoms with Crippen molar-refractivity contribution in [2.45, 2.75) is 24.8 Å². The van der Waals surface area contributed by atoms with Gasteiger partial charge in [-0.1, -0.05) is 12.1 Å². The van der Waals surface area contributed by atoms with Gasteiger partial charge >= 0.3 is 0 Å². The number of aryl methyl sites for hydroxylation is 1. The standard InChI is InChI=1S/C17H19FN2O4S/c1-11-5-4-6-14(9-11)19-17(21)12(2)20-25(22,23)16-10-13(18)7-8-15(16)24-3/h4-10,12,20H,1-3H3,(H,19,21). The lowest BCUT2D eigenvalue weighted by Gasteiger charge is -2.16. The maximum absolute atomic E-state index is 13.4. The zero-order valence-electron chi connectivity index (χ0n) is 14.0. The molecule has 0 aliphatic carbocycles. The number of sulfonamides is 1. The molecule has 1 atom stereocenters. The average molecular weight is 366 g/mol. The summed E-state index contributed by atoms with van der Waals surface area (Å²) in [5, 5.41) is 2.63. The topological polar surface area (TPSA) is 84.5 Å². The van der Waals surface area contributed by atoms with Crippen molar-refractivity contribution >= 4 is 21.6 Å². The molecule has 0 fully saturated rings. The van der Waals surface area contributed by atoms with Crippen LogP contribution in [0.1, 0.15) is 12.5 Å². The quantitative estimate of drug-likeness (QED) is 0.822. The zero-order chi connectivity index (χ0) is 18.6. The second-order valence-corrected chi connectivity index (χ2v) is 7.18. The molecule has 2 N–H and O–H groups in total. The number of rotatable bonds is 6. The monoisotopic (exact) mass is 366 g/mol. The van der Waals surface area contributed by atoms with Crippen LogP contribution in [0.4, 0.5) is 10.1 Å². The predicted molar refractivity (Wildman–Crippen MR) is 92.5 cm³/mol. The van der Waals surface area contributed by atoms with E-state index in [0.29, 0.717) is 5.69 Å². The number of ether oxygens (including phenoxy) is 1. The SMILES string of the molecule is COc1ccc(F)cc1S(=O)(=O)NC(C)C(=O)Nc1cccc(C)c1. The van der Waals surface area contributed by atoms with Gasteiger partial charge in [-0.3, -0.25) is 4.79 Å². The Bertz CT molecular complexity index is 884. The van der Waals surface area contributed by atoms with Crippen LogP contribution in [0.25, 0.3) is 0 Å². The van der Waals surface area contributed by atoms with Crippen LogP contribution in [-0.4, -0.2) is 27.5 Å². The molecule has 0 spiro atoms. The van der Waals surface area contributed by atoms with Gasteiger partial charge in [0.25, 0.3) is 0 Å². The molecule has 6 nitrogen and oxygen atoms in total. The molecule has 0 saturated carbocycles. The number of carbonyl (C=O) groups excluding carboxylic acids is 1. The smallest absolute Gasteiger partial charge is 0.245 e. The molecule has 0 aliphatic rings. The Hall–Kier alpha value is -2.45. The Balaban J connectivity index is 2.17. The lowest BCUT2D eigenvalue weighted by Crippen LogP contribution is -2.41. The zero-order valence-corrected chi connectivity index (χ0v) is 14.9. The van der Waals surface area contributed by atoms with E-state index in [1.807, 2.05) is 13.0 Å². The Morgan fingerprint density at radius 1 is 1.20 bits per heavy atom. The first-order valence-corrected chi connectivity index (χ1v) is 8.94. The van der Waals surface area contributed by atoms with Gasteiger partial charge in [-0.05, 0) is 49.7 Å². The molecule has 0 aliphatic heterocycles. The van der Waals surface area contributed by atoms with Crippen LogP contribution in [0.5, 0.6) is 5.75 Å². The molecule has 0 radical (unpaired) electrons. The second-order valence-electron chi connectivity index (χ2n) is 5.50. The van der Waals surface area contributed by atoms with Crippen molar-refractivity contribution in [3.05, 3.63) is 53.8 Å². The van der Waals surface area contributed by atoms with Gasteiger partial charge in [-0.25, -0.2) is 12.8 Å². The van der Waals surface area contributed by atoms with E-state index < -0.39 is 27.8 Å². The normalized spacial score (nSPS) is 12.5. The van der Waals surface area contributed by atoms with Crippen LogP contribution in [0.15, 0.2) is 47.4 Å². The third kappa shape index (κ3) is 4.77. The molecule has 1 amide bonds. The number of methoxy groups -OCH3 is 1. The number of benzene rings is 2. The van der Waals surface area contributed by atoms with Crippen molar-refractivity contribution in [1.82, 2.24) is 4.72 Å². The molecule has 8 heteroatoms. The fraction of sp³-hybridized carbons (Fsp3) is 0.235. The van der Waals surface area contributed by atoms with Crippen LogP contribution in [-0.2, 0) is 14.8 Å². The molecular formula is C17H19FN2O4S. The summed E-state index contributed by atoms with van der Waals surface area (Å²) in [4.78, 5) is 11.8. The molecular weight excluding hydrogens is 347 g/mol. The molecule has 2 rings (SSSR count). The van der Waals surface area contributed by atoms with Crippen molar-refractivity contribution < 1.29 is 22.3 Å². The van der Waals surface area contributed by atoms with Crippen LogP contribution in [0, 0.1) is 12.7 Å². The van der Waals surface area contributed by atoms with E-state index in [9.17, 15) is 17.6 Å². The third-order valence-electron chi connectivity index (χ3n) is 3.43. The minimum Gasteiger partial charge on any atom is -0.495 e. The molecule has 25 heavy (non-hydrogen) atoms. The molecule has 0 heterocycles. The number of anilines is 1. The van der Waals surface area contributed by atoms with Crippen LogP contribution in [0.3, 0.4) is 0 Å². The fourth-order valence-corrected chi connectivity index (χ4v) is 3.57. The van der Waals surface area contributed by atoms with Crippen LogP contribution < -0.4 is 14.8 Å². The van der Waals surface area contributed by atoms with Gasteiger partial charge in [-0.15, -0.1) is 0 Å². The van der Waals surface area contributed by atoms with E-state index in [4.69, 9.17) is 4.74 Å². The Labute approximate surface area is 146 Å². The van der Waals surface area contributed by atoms with Crippen molar-refractivity contribution in [2.75, 3.05) is 12.4 Å². The number of hydrogen-bond donors (Lipinski definition) is 2. The summed E-state index contributed by atoms with van der Waals surface area (Å²) in [5.74, 6) is -1.28. The van der Waals surface area contributed by atoms with E-state index >= 15 is 0 Å². The highest BCUT2D eigenvalue weighted by Gasteiger charge is 2.25. The van der Waals surface area contributed by atoms with Gasteiger partial charge < -0.3 is 10.1 Å². The Morgan fingerprint density at radius 3 is 2.56 bits per heavy atom. The highest BCUT2D eigenvalue weighted by atomic mass is 32.2. The van der Waals surface area contributed by atoms with Crippen molar-refractivity contribution in [1.29, 1.82) is 0 Å². The summed E-state index contributed by atoms with van der Waals surface area (Å²) in [5.41, 5.74) is 1.51. The molecule has 0 saturated heterocycles. The van der Waals surface area contributed by atoms with Gasteiger partial charge in [0.2, 0.25) is 15.9 Å². The van der Waals surface area contributed by atoms with E-state index in [0.717, 1.165) is 17.7 Å². The van der Waals surface area contributed by atoms with E-state index in [1.165, 1.54) is 20.1 Å². The summed E-state index contributed by atoms with van der Waals surface area (Å²) >= 11 is 0. The molecule has 2 aromatic carbocycles. The van der Waals surface area contributed by atoms with E-state index in [1.54, 1.807) is 18.2 Å². The summed E-state index contributed by atoms with van der Waals surface area (Å²) < 4.78 is 45.5. The van der Waals surface area contributed by atoms with Crippen molar-refractivity contribution in [3.8, 4) is 5.75 Å². The van der Waals surface area contributed by atoms with Gasteiger partial charge in [0.1, 0.15) is 16.5 Å². The first-order chi connectivity index (χ1) is 11.7. The van der Waals surface area contributed by atoms with Gasteiger partial charge in [0.05, 0.1) is 13.2 Å².